The number of carbonyl (C=O) groups is 1. The number of piperidine rings is 1. The van der Waals surface area contributed by atoms with Crippen LogP contribution in [0.5, 0.6) is 5.75 Å². The van der Waals surface area contributed by atoms with Gasteiger partial charge in [-0.3, -0.25) is 9.20 Å². The van der Waals surface area contributed by atoms with Crippen LogP contribution in [0.1, 0.15) is 26.7 Å². The van der Waals surface area contributed by atoms with Crippen molar-refractivity contribution in [3.63, 3.8) is 0 Å². The summed E-state index contributed by atoms with van der Waals surface area (Å²) in [6, 6.07) is 11.9. The number of benzene rings is 1. The molecule has 0 aliphatic carbocycles. The number of likely N-dealkylation sites (tertiary alicyclic amines) is 1. The molecular formula is C23H26ClN3O3. The summed E-state index contributed by atoms with van der Waals surface area (Å²) >= 11 is 6.54. The SMILES string of the molecule is CC(C)OCC(=O)N1CCC(Oc2ccc(-c3ccc4nccn4c3Cl)cc2)CC1. The molecule has 30 heavy (non-hydrogen) atoms. The van der Waals surface area contributed by atoms with E-state index in [9.17, 15) is 4.79 Å². The third-order valence-electron chi connectivity index (χ3n) is 5.31. The lowest BCUT2D eigenvalue weighted by atomic mass is 10.1. The Morgan fingerprint density at radius 1 is 1.17 bits per heavy atom. The number of nitrogens with zero attached hydrogens (tertiary/aromatic N) is 3. The van der Waals surface area contributed by atoms with Crippen LogP contribution in [0.25, 0.3) is 16.8 Å². The number of halogens is 1. The maximum absolute atomic E-state index is 12.2. The van der Waals surface area contributed by atoms with Crippen LogP contribution in [0.2, 0.25) is 5.15 Å². The number of amides is 1. The van der Waals surface area contributed by atoms with Crippen LogP contribution >= 0.6 is 11.6 Å². The van der Waals surface area contributed by atoms with Gasteiger partial charge in [0.2, 0.25) is 5.91 Å². The summed E-state index contributed by atoms with van der Waals surface area (Å²) in [5, 5.41) is 0.636. The highest BCUT2D eigenvalue weighted by atomic mass is 35.5. The molecule has 7 heteroatoms. The van der Waals surface area contributed by atoms with Gasteiger partial charge in [-0.1, -0.05) is 23.7 Å². The average Bonchev–Trinajstić information content (AvgIpc) is 3.23. The van der Waals surface area contributed by atoms with Crippen molar-refractivity contribution in [1.29, 1.82) is 0 Å². The lowest BCUT2D eigenvalue weighted by Gasteiger charge is -2.32. The fourth-order valence-corrected chi connectivity index (χ4v) is 3.95. The molecule has 1 aliphatic heterocycles. The van der Waals surface area contributed by atoms with Gasteiger partial charge in [0.05, 0.1) is 6.10 Å². The molecule has 1 fully saturated rings. The fourth-order valence-electron chi connectivity index (χ4n) is 3.63. The third-order valence-corrected chi connectivity index (χ3v) is 5.69. The number of imidazole rings is 1. The predicted octanol–water partition coefficient (Wildman–Crippen LogP) is 4.45. The van der Waals surface area contributed by atoms with Crippen LogP contribution in [0, 0.1) is 0 Å². The molecule has 1 saturated heterocycles. The molecule has 6 nitrogen and oxygen atoms in total. The van der Waals surface area contributed by atoms with Gasteiger partial charge in [0.25, 0.3) is 0 Å². The maximum atomic E-state index is 12.2. The lowest BCUT2D eigenvalue weighted by Crippen LogP contribution is -2.43. The fraction of sp³-hybridized carbons (Fsp3) is 0.391. The summed E-state index contributed by atoms with van der Waals surface area (Å²) in [4.78, 5) is 18.3. The van der Waals surface area contributed by atoms with E-state index in [0.717, 1.165) is 35.4 Å². The molecule has 3 heterocycles. The van der Waals surface area contributed by atoms with Crippen LogP contribution in [0.3, 0.4) is 0 Å². The third kappa shape index (κ3) is 4.60. The highest BCUT2D eigenvalue weighted by Crippen LogP contribution is 2.30. The number of rotatable bonds is 6. The summed E-state index contributed by atoms with van der Waals surface area (Å²) in [6.45, 7) is 5.41. The Kier molecular flexibility index (Phi) is 6.25. The second-order valence-electron chi connectivity index (χ2n) is 7.78. The Balaban J connectivity index is 1.34. The van der Waals surface area contributed by atoms with E-state index < -0.39 is 0 Å². The zero-order valence-electron chi connectivity index (χ0n) is 17.3. The summed E-state index contributed by atoms with van der Waals surface area (Å²) in [5.41, 5.74) is 2.79. The second-order valence-corrected chi connectivity index (χ2v) is 8.13. The number of hydrogen-bond donors (Lipinski definition) is 0. The first-order valence-corrected chi connectivity index (χ1v) is 10.7. The van der Waals surface area contributed by atoms with Crippen LogP contribution in [0.4, 0.5) is 0 Å². The summed E-state index contributed by atoms with van der Waals surface area (Å²) in [5.74, 6) is 0.879. The molecule has 2 aromatic heterocycles. The van der Waals surface area contributed by atoms with E-state index in [1.54, 1.807) is 6.20 Å². The largest absolute Gasteiger partial charge is 0.490 e. The molecule has 0 spiro atoms. The minimum atomic E-state index is 0.0539. The van der Waals surface area contributed by atoms with E-state index in [1.165, 1.54) is 0 Å². The number of hydrogen-bond acceptors (Lipinski definition) is 4. The Labute approximate surface area is 181 Å². The van der Waals surface area contributed by atoms with Crippen LogP contribution < -0.4 is 4.74 Å². The molecule has 158 valence electrons. The van der Waals surface area contributed by atoms with Crippen molar-refractivity contribution in [3.05, 3.63) is 53.9 Å². The van der Waals surface area contributed by atoms with Crippen LogP contribution in [0.15, 0.2) is 48.8 Å². The zero-order chi connectivity index (χ0) is 21.1. The zero-order valence-corrected chi connectivity index (χ0v) is 18.0. The van der Waals surface area contributed by atoms with Crippen molar-refractivity contribution in [1.82, 2.24) is 14.3 Å². The van der Waals surface area contributed by atoms with E-state index in [4.69, 9.17) is 21.1 Å². The summed E-state index contributed by atoms with van der Waals surface area (Å²) < 4.78 is 13.4. The first-order chi connectivity index (χ1) is 14.5. The Morgan fingerprint density at radius 3 is 2.60 bits per heavy atom. The minimum Gasteiger partial charge on any atom is -0.490 e. The van der Waals surface area contributed by atoms with Crippen molar-refractivity contribution in [2.75, 3.05) is 19.7 Å². The highest BCUT2D eigenvalue weighted by Gasteiger charge is 2.24. The smallest absolute Gasteiger partial charge is 0.248 e. The lowest BCUT2D eigenvalue weighted by molar-refractivity contribution is -0.139. The van der Waals surface area contributed by atoms with Crippen LogP contribution in [-0.2, 0) is 9.53 Å². The molecule has 0 unspecified atom stereocenters. The van der Waals surface area contributed by atoms with Crippen LogP contribution in [-0.4, -0.2) is 52.1 Å². The number of pyridine rings is 1. The second kappa shape index (κ2) is 9.06. The molecule has 0 radical (unpaired) electrons. The summed E-state index contributed by atoms with van der Waals surface area (Å²) in [6.07, 6.45) is 5.39. The van der Waals surface area contributed by atoms with Gasteiger partial charge in [-0.15, -0.1) is 0 Å². The molecule has 0 bridgehead atoms. The van der Waals surface area contributed by atoms with Gasteiger partial charge in [-0.05, 0) is 43.7 Å². The van der Waals surface area contributed by atoms with E-state index in [2.05, 4.69) is 4.98 Å². The first kappa shape index (κ1) is 20.7. The van der Waals surface area contributed by atoms with Gasteiger partial charge in [-0.25, -0.2) is 4.98 Å². The number of fused-ring (bicyclic) bond motifs is 1. The van der Waals surface area contributed by atoms with E-state index in [0.29, 0.717) is 18.2 Å². The number of ether oxygens (including phenoxy) is 2. The minimum absolute atomic E-state index is 0.0539. The monoisotopic (exact) mass is 427 g/mol. The van der Waals surface area contributed by atoms with E-state index in [-0.39, 0.29) is 24.7 Å². The normalized spacial score (nSPS) is 15.1. The maximum Gasteiger partial charge on any atom is 0.248 e. The molecule has 1 amide bonds. The van der Waals surface area contributed by atoms with Gasteiger partial charge >= 0.3 is 0 Å². The molecule has 1 aliphatic rings. The molecule has 0 N–H and O–H groups in total. The predicted molar refractivity (Wildman–Crippen MR) is 117 cm³/mol. The van der Waals surface area contributed by atoms with Crippen molar-refractivity contribution < 1.29 is 14.3 Å². The standard InChI is InChI=1S/C23H26ClN3O3/c1-16(2)29-15-22(28)26-12-9-19(10-13-26)30-18-5-3-17(4-6-18)20-7-8-21-25-11-14-27(21)23(20)24/h3-8,11,14,16,19H,9-10,12-13,15H2,1-2H3. The van der Waals surface area contributed by atoms with Crippen molar-refractivity contribution in [2.45, 2.75) is 38.9 Å². The van der Waals surface area contributed by atoms with Gasteiger partial charge < -0.3 is 14.4 Å². The van der Waals surface area contributed by atoms with Gasteiger partial charge in [-0.2, -0.15) is 0 Å². The number of carbonyl (C=O) groups excluding carboxylic acids is 1. The number of aromatic nitrogens is 2. The van der Waals surface area contributed by atoms with Gasteiger partial charge in [0.15, 0.2) is 0 Å². The Morgan fingerprint density at radius 2 is 1.90 bits per heavy atom. The first-order valence-electron chi connectivity index (χ1n) is 10.3. The summed E-state index contributed by atoms with van der Waals surface area (Å²) in [7, 11) is 0. The highest BCUT2D eigenvalue weighted by molar-refractivity contribution is 6.32. The van der Waals surface area contributed by atoms with Crippen molar-refractivity contribution in [2.24, 2.45) is 0 Å². The molecule has 1 aromatic carbocycles. The average molecular weight is 428 g/mol. The van der Waals surface area contributed by atoms with E-state index >= 15 is 0 Å². The van der Waals surface area contributed by atoms with Gasteiger partial charge in [0, 0.05) is 43.9 Å². The Bertz CT molecular complexity index is 1010. The van der Waals surface area contributed by atoms with Gasteiger partial charge in [0.1, 0.15) is 29.3 Å². The molecule has 0 atom stereocenters. The molecule has 3 aromatic rings. The Hall–Kier alpha value is -2.57. The quantitative estimate of drug-likeness (QED) is 0.545. The topological polar surface area (TPSA) is 56.1 Å². The van der Waals surface area contributed by atoms with Crippen molar-refractivity contribution >= 4 is 23.2 Å². The molecule has 0 saturated carbocycles. The van der Waals surface area contributed by atoms with E-state index in [1.807, 2.05) is 65.7 Å². The molecular weight excluding hydrogens is 402 g/mol. The molecule has 4 rings (SSSR count). The van der Waals surface area contributed by atoms with Crippen molar-refractivity contribution in [3.8, 4) is 16.9 Å².